The van der Waals surface area contributed by atoms with Crippen molar-refractivity contribution < 1.29 is 19.4 Å². The first-order valence-corrected chi connectivity index (χ1v) is 9.55. The van der Waals surface area contributed by atoms with Crippen LogP contribution >= 0.6 is 15.9 Å². The van der Waals surface area contributed by atoms with Gasteiger partial charge < -0.3 is 14.7 Å². The van der Waals surface area contributed by atoms with Gasteiger partial charge in [-0.1, -0.05) is 42.5 Å². The highest BCUT2D eigenvalue weighted by atomic mass is 79.9. The number of aliphatic carboxylic acids is 1. The SMILES string of the molecule is CN(C(=O)c1ccccc1)/C(=C/c1ccc(Oc2ccccc2Br)cc1)C(=O)O. The molecule has 146 valence electrons. The first-order valence-electron chi connectivity index (χ1n) is 8.76. The van der Waals surface area contributed by atoms with Crippen molar-refractivity contribution in [1.29, 1.82) is 0 Å². The third-order valence-electron chi connectivity index (χ3n) is 4.15. The zero-order valence-electron chi connectivity index (χ0n) is 15.6. The van der Waals surface area contributed by atoms with Gasteiger partial charge in [-0.3, -0.25) is 4.79 Å². The third-order valence-corrected chi connectivity index (χ3v) is 4.81. The van der Waals surface area contributed by atoms with Crippen LogP contribution in [0.5, 0.6) is 11.5 Å². The summed E-state index contributed by atoms with van der Waals surface area (Å²) in [5.74, 6) is -0.298. The first kappa shape index (κ1) is 20.4. The Hall–Kier alpha value is -3.38. The van der Waals surface area contributed by atoms with Gasteiger partial charge in [-0.05, 0) is 64.0 Å². The Bertz CT molecular complexity index is 1050. The number of carboxylic acid groups (broad SMARTS) is 1. The number of halogens is 1. The van der Waals surface area contributed by atoms with Crippen LogP contribution < -0.4 is 4.74 Å². The fourth-order valence-corrected chi connectivity index (χ4v) is 3.00. The summed E-state index contributed by atoms with van der Waals surface area (Å²) in [6, 6.07) is 23.0. The summed E-state index contributed by atoms with van der Waals surface area (Å²) >= 11 is 3.43. The Labute approximate surface area is 177 Å². The van der Waals surface area contributed by atoms with E-state index in [4.69, 9.17) is 4.74 Å². The molecule has 3 rings (SSSR count). The topological polar surface area (TPSA) is 66.8 Å². The molecule has 0 radical (unpaired) electrons. The van der Waals surface area contributed by atoms with Crippen LogP contribution in [0.25, 0.3) is 6.08 Å². The number of likely N-dealkylation sites (N-methyl/N-ethyl adjacent to an activating group) is 1. The van der Waals surface area contributed by atoms with E-state index in [1.165, 1.54) is 13.1 Å². The number of rotatable bonds is 6. The van der Waals surface area contributed by atoms with E-state index < -0.39 is 11.9 Å². The summed E-state index contributed by atoms with van der Waals surface area (Å²) in [6.45, 7) is 0. The normalized spacial score (nSPS) is 11.0. The maximum atomic E-state index is 12.6. The van der Waals surface area contributed by atoms with E-state index in [-0.39, 0.29) is 5.70 Å². The van der Waals surface area contributed by atoms with E-state index in [0.717, 1.165) is 9.37 Å². The molecule has 0 atom stereocenters. The lowest BCUT2D eigenvalue weighted by atomic mass is 10.1. The number of carbonyl (C=O) groups excluding carboxylic acids is 1. The van der Waals surface area contributed by atoms with Gasteiger partial charge in [0.1, 0.15) is 17.2 Å². The number of benzene rings is 3. The smallest absolute Gasteiger partial charge is 0.352 e. The Kier molecular flexibility index (Phi) is 6.46. The van der Waals surface area contributed by atoms with Crippen molar-refractivity contribution in [2.45, 2.75) is 0 Å². The van der Waals surface area contributed by atoms with Crippen molar-refractivity contribution in [3.8, 4) is 11.5 Å². The second-order valence-electron chi connectivity index (χ2n) is 6.17. The van der Waals surface area contributed by atoms with Gasteiger partial charge in [-0.15, -0.1) is 0 Å². The molecule has 0 saturated heterocycles. The molecule has 0 unspecified atom stereocenters. The minimum atomic E-state index is -1.19. The molecular weight excluding hydrogens is 434 g/mol. The number of para-hydroxylation sites is 1. The minimum absolute atomic E-state index is 0.127. The molecule has 5 nitrogen and oxygen atoms in total. The summed E-state index contributed by atoms with van der Waals surface area (Å²) < 4.78 is 6.64. The van der Waals surface area contributed by atoms with E-state index >= 15 is 0 Å². The van der Waals surface area contributed by atoms with Crippen molar-refractivity contribution in [2.75, 3.05) is 7.05 Å². The number of hydrogen-bond acceptors (Lipinski definition) is 3. The van der Waals surface area contributed by atoms with E-state index in [1.54, 1.807) is 54.6 Å². The predicted molar refractivity (Wildman–Crippen MR) is 115 cm³/mol. The Morgan fingerprint density at radius 3 is 2.17 bits per heavy atom. The molecule has 0 aliphatic carbocycles. The lowest BCUT2D eigenvalue weighted by molar-refractivity contribution is -0.133. The fraction of sp³-hybridized carbons (Fsp3) is 0.0435. The van der Waals surface area contributed by atoms with Gasteiger partial charge in [0, 0.05) is 12.6 Å². The number of ether oxygens (including phenoxy) is 1. The van der Waals surface area contributed by atoms with E-state index in [2.05, 4.69) is 15.9 Å². The van der Waals surface area contributed by atoms with Crippen LogP contribution in [0.2, 0.25) is 0 Å². The molecule has 0 bridgehead atoms. The van der Waals surface area contributed by atoms with Gasteiger partial charge in [0.05, 0.1) is 4.47 Å². The standard InChI is InChI=1S/C23H18BrNO4/c1-25(22(26)17-7-3-2-4-8-17)20(23(27)28)15-16-11-13-18(14-12-16)29-21-10-6-5-9-19(21)24/h2-15H,1H3,(H,27,28)/b20-15+. The molecule has 6 heteroatoms. The predicted octanol–water partition coefficient (Wildman–Crippen LogP) is 5.44. The van der Waals surface area contributed by atoms with Crippen molar-refractivity contribution >= 4 is 33.9 Å². The number of carboxylic acids is 1. The number of carbonyl (C=O) groups is 2. The molecule has 3 aromatic rings. The van der Waals surface area contributed by atoms with E-state index in [9.17, 15) is 14.7 Å². The lowest BCUT2D eigenvalue weighted by Gasteiger charge is -2.18. The van der Waals surface area contributed by atoms with Crippen LogP contribution in [0.3, 0.4) is 0 Å². The van der Waals surface area contributed by atoms with E-state index in [0.29, 0.717) is 22.6 Å². The van der Waals surface area contributed by atoms with Crippen LogP contribution in [0.4, 0.5) is 0 Å². The quantitative estimate of drug-likeness (QED) is 0.506. The second-order valence-corrected chi connectivity index (χ2v) is 7.02. The van der Waals surface area contributed by atoms with Gasteiger partial charge in [-0.25, -0.2) is 4.79 Å². The van der Waals surface area contributed by atoms with Crippen LogP contribution in [0.1, 0.15) is 15.9 Å². The molecule has 0 aliphatic heterocycles. The minimum Gasteiger partial charge on any atom is -0.477 e. The molecule has 0 spiro atoms. The summed E-state index contributed by atoms with van der Waals surface area (Å²) in [4.78, 5) is 25.4. The molecule has 1 amide bonds. The first-order chi connectivity index (χ1) is 14.0. The highest BCUT2D eigenvalue weighted by molar-refractivity contribution is 9.10. The van der Waals surface area contributed by atoms with Crippen LogP contribution in [-0.2, 0) is 4.79 Å². The number of amides is 1. The highest BCUT2D eigenvalue weighted by Crippen LogP contribution is 2.29. The monoisotopic (exact) mass is 451 g/mol. The molecule has 0 saturated carbocycles. The van der Waals surface area contributed by atoms with Crippen molar-refractivity contribution in [1.82, 2.24) is 4.90 Å². The van der Waals surface area contributed by atoms with Gasteiger partial charge in [0.2, 0.25) is 0 Å². The average molecular weight is 452 g/mol. The molecule has 1 N–H and O–H groups in total. The van der Waals surface area contributed by atoms with Crippen molar-refractivity contribution in [3.63, 3.8) is 0 Å². The molecule has 29 heavy (non-hydrogen) atoms. The third kappa shape index (κ3) is 5.12. The van der Waals surface area contributed by atoms with Gasteiger partial charge >= 0.3 is 5.97 Å². The molecule has 3 aromatic carbocycles. The van der Waals surface area contributed by atoms with Crippen molar-refractivity contribution in [3.05, 3.63) is 100 Å². The summed E-state index contributed by atoms with van der Waals surface area (Å²) in [7, 11) is 1.44. The number of nitrogens with zero attached hydrogens (tertiary/aromatic N) is 1. The Morgan fingerprint density at radius 2 is 1.55 bits per heavy atom. The van der Waals surface area contributed by atoms with Crippen molar-refractivity contribution in [2.24, 2.45) is 0 Å². The van der Waals surface area contributed by atoms with Gasteiger partial charge in [0.25, 0.3) is 5.91 Å². The van der Waals surface area contributed by atoms with Crippen LogP contribution in [-0.4, -0.2) is 28.9 Å². The Balaban J connectivity index is 1.81. The summed E-state index contributed by atoms with van der Waals surface area (Å²) in [6.07, 6.45) is 1.45. The molecule has 0 aliphatic rings. The fourth-order valence-electron chi connectivity index (χ4n) is 2.63. The molecular formula is C23H18BrNO4. The maximum absolute atomic E-state index is 12.6. The molecule has 0 fully saturated rings. The van der Waals surface area contributed by atoms with Gasteiger partial charge in [0.15, 0.2) is 0 Å². The summed E-state index contributed by atoms with van der Waals surface area (Å²) in [5, 5.41) is 9.59. The average Bonchev–Trinajstić information content (AvgIpc) is 2.74. The zero-order chi connectivity index (χ0) is 20.8. The molecule has 0 aromatic heterocycles. The molecule has 0 heterocycles. The number of hydrogen-bond donors (Lipinski definition) is 1. The summed E-state index contributed by atoms with van der Waals surface area (Å²) in [5.41, 5.74) is 0.923. The van der Waals surface area contributed by atoms with Gasteiger partial charge in [-0.2, -0.15) is 0 Å². The van der Waals surface area contributed by atoms with Crippen LogP contribution in [0.15, 0.2) is 89.0 Å². The lowest BCUT2D eigenvalue weighted by Crippen LogP contribution is -2.29. The second kappa shape index (κ2) is 9.21. The zero-order valence-corrected chi connectivity index (χ0v) is 17.2. The van der Waals surface area contributed by atoms with Crippen LogP contribution in [0, 0.1) is 0 Å². The Morgan fingerprint density at radius 1 is 0.931 bits per heavy atom. The largest absolute Gasteiger partial charge is 0.477 e. The van der Waals surface area contributed by atoms with E-state index in [1.807, 2.05) is 24.3 Å². The maximum Gasteiger partial charge on any atom is 0.352 e. The highest BCUT2D eigenvalue weighted by Gasteiger charge is 2.20.